The van der Waals surface area contributed by atoms with Gasteiger partial charge in [-0.3, -0.25) is 4.99 Å². The van der Waals surface area contributed by atoms with Crippen LogP contribution < -0.4 is 0 Å². The molecule has 1 fully saturated rings. The van der Waals surface area contributed by atoms with Crippen molar-refractivity contribution in [2.24, 2.45) is 10.4 Å². The Morgan fingerprint density at radius 3 is 2.94 bits per heavy atom. The molecule has 2 aliphatic rings. The zero-order chi connectivity index (χ0) is 11.0. The van der Waals surface area contributed by atoms with Crippen LogP contribution in [0.15, 0.2) is 23.3 Å². The van der Waals surface area contributed by atoms with Crippen molar-refractivity contribution in [3.05, 3.63) is 24.0 Å². The second-order valence-electron chi connectivity index (χ2n) is 5.07. The van der Waals surface area contributed by atoms with Crippen LogP contribution in [0.5, 0.6) is 0 Å². The highest BCUT2D eigenvalue weighted by atomic mass is 35.5. The average molecular weight is 237 g/mol. The summed E-state index contributed by atoms with van der Waals surface area (Å²) in [6, 6.07) is 4.14. The van der Waals surface area contributed by atoms with Crippen molar-refractivity contribution < 1.29 is 0 Å². The smallest absolute Gasteiger partial charge is 0.115 e. The fourth-order valence-electron chi connectivity index (χ4n) is 3.07. The van der Waals surface area contributed by atoms with Crippen molar-refractivity contribution in [1.82, 2.24) is 4.57 Å². The highest BCUT2D eigenvalue weighted by Gasteiger charge is 2.40. The summed E-state index contributed by atoms with van der Waals surface area (Å²) < 4.78 is 2.18. The maximum absolute atomic E-state index is 6.71. The minimum absolute atomic E-state index is 0.0697. The second kappa shape index (κ2) is 3.92. The molecule has 1 spiro atoms. The summed E-state index contributed by atoms with van der Waals surface area (Å²) in [5.74, 6) is 0. The summed E-state index contributed by atoms with van der Waals surface area (Å²) in [5.41, 5.74) is 1.41. The van der Waals surface area contributed by atoms with Gasteiger partial charge in [0.15, 0.2) is 0 Å². The first-order valence-electron chi connectivity index (χ1n) is 6.13. The van der Waals surface area contributed by atoms with Gasteiger partial charge >= 0.3 is 0 Å². The molecule has 2 heterocycles. The van der Waals surface area contributed by atoms with E-state index in [0.29, 0.717) is 0 Å². The third-order valence-electron chi connectivity index (χ3n) is 4.04. The Hall–Kier alpha value is -0.760. The first-order valence-corrected chi connectivity index (χ1v) is 6.56. The van der Waals surface area contributed by atoms with E-state index in [9.17, 15) is 0 Å². The van der Waals surface area contributed by atoms with Crippen molar-refractivity contribution in [3.8, 4) is 0 Å². The van der Waals surface area contributed by atoms with Gasteiger partial charge in [-0.25, -0.2) is 0 Å². The minimum Gasteiger partial charge on any atom is -0.329 e. The van der Waals surface area contributed by atoms with E-state index in [1.165, 1.54) is 32.1 Å². The molecule has 0 radical (unpaired) electrons. The SMILES string of the molecule is ClC1n2cccc2C=NCC12CCCCC2. The molecule has 0 saturated heterocycles. The molecule has 1 aliphatic carbocycles. The van der Waals surface area contributed by atoms with Gasteiger partial charge in [0, 0.05) is 24.4 Å². The molecule has 16 heavy (non-hydrogen) atoms. The molecule has 0 bridgehead atoms. The normalized spacial score (nSPS) is 27.7. The lowest BCUT2D eigenvalue weighted by Crippen LogP contribution is -2.34. The van der Waals surface area contributed by atoms with E-state index in [1.807, 2.05) is 6.21 Å². The van der Waals surface area contributed by atoms with Gasteiger partial charge in [-0.15, -0.1) is 0 Å². The summed E-state index contributed by atoms with van der Waals surface area (Å²) in [4.78, 5) is 4.58. The molecule has 3 rings (SSSR count). The fourth-order valence-corrected chi connectivity index (χ4v) is 3.53. The molecule has 1 aromatic heterocycles. The molecule has 1 aliphatic heterocycles. The van der Waals surface area contributed by atoms with Gasteiger partial charge < -0.3 is 4.57 Å². The van der Waals surface area contributed by atoms with Crippen LogP contribution in [-0.4, -0.2) is 17.3 Å². The van der Waals surface area contributed by atoms with Crippen LogP contribution >= 0.6 is 11.6 Å². The third-order valence-corrected chi connectivity index (χ3v) is 4.71. The van der Waals surface area contributed by atoms with Crippen LogP contribution in [0.1, 0.15) is 43.3 Å². The molecule has 1 aromatic rings. The lowest BCUT2D eigenvalue weighted by molar-refractivity contribution is 0.160. The summed E-state index contributed by atoms with van der Waals surface area (Å²) in [7, 11) is 0. The van der Waals surface area contributed by atoms with Crippen LogP contribution in [0, 0.1) is 5.41 Å². The Balaban J connectivity index is 2.00. The van der Waals surface area contributed by atoms with Gasteiger partial charge in [-0.2, -0.15) is 0 Å². The number of aromatic nitrogens is 1. The van der Waals surface area contributed by atoms with Crippen LogP contribution in [-0.2, 0) is 0 Å². The number of alkyl halides is 1. The Kier molecular flexibility index (Phi) is 2.55. The number of fused-ring (bicyclic) bond motifs is 1. The van der Waals surface area contributed by atoms with Crippen molar-refractivity contribution >= 4 is 17.8 Å². The number of hydrogen-bond acceptors (Lipinski definition) is 1. The van der Waals surface area contributed by atoms with E-state index in [-0.39, 0.29) is 10.9 Å². The van der Waals surface area contributed by atoms with Crippen LogP contribution in [0.3, 0.4) is 0 Å². The minimum atomic E-state index is 0.0697. The quantitative estimate of drug-likeness (QED) is 0.613. The second-order valence-corrected chi connectivity index (χ2v) is 5.48. The molecule has 2 nitrogen and oxygen atoms in total. The van der Waals surface area contributed by atoms with Crippen molar-refractivity contribution in [2.75, 3.05) is 6.54 Å². The summed E-state index contributed by atoms with van der Waals surface area (Å²) in [6.45, 7) is 0.892. The van der Waals surface area contributed by atoms with E-state index in [0.717, 1.165) is 12.2 Å². The Bertz CT molecular complexity index is 402. The van der Waals surface area contributed by atoms with E-state index >= 15 is 0 Å². The van der Waals surface area contributed by atoms with Gasteiger partial charge in [-0.05, 0) is 25.0 Å². The van der Waals surface area contributed by atoms with Crippen molar-refractivity contribution in [2.45, 2.75) is 37.6 Å². The van der Waals surface area contributed by atoms with Gasteiger partial charge in [0.25, 0.3) is 0 Å². The fraction of sp³-hybridized carbons (Fsp3) is 0.615. The van der Waals surface area contributed by atoms with Crippen LogP contribution in [0.25, 0.3) is 0 Å². The lowest BCUT2D eigenvalue weighted by Gasteiger charge is -2.39. The summed E-state index contributed by atoms with van der Waals surface area (Å²) in [5, 5.41) is 0. The third kappa shape index (κ3) is 1.51. The van der Waals surface area contributed by atoms with Crippen LogP contribution in [0.2, 0.25) is 0 Å². The molecule has 0 N–H and O–H groups in total. The molecule has 1 atom stereocenters. The van der Waals surface area contributed by atoms with Gasteiger partial charge in [0.2, 0.25) is 0 Å². The average Bonchev–Trinajstić information content (AvgIpc) is 2.73. The number of rotatable bonds is 0. The monoisotopic (exact) mass is 236 g/mol. The molecular formula is C13H17ClN2. The predicted molar refractivity (Wildman–Crippen MR) is 67.3 cm³/mol. The Morgan fingerprint density at radius 2 is 2.12 bits per heavy atom. The lowest BCUT2D eigenvalue weighted by atomic mass is 9.73. The molecule has 1 saturated carbocycles. The first kappa shape index (κ1) is 10.4. The topological polar surface area (TPSA) is 17.3 Å². The van der Waals surface area contributed by atoms with Gasteiger partial charge in [0.05, 0.1) is 5.69 Å². The number of nitrogens with zero attached hydrogens (tertiary/aromatic N) is 2. The Morgan fingerprint density at radius 1 is 1.31 bits per heavy atom. The molecular weight excluding hydrogens is 220 g/mol. The predicted octanol–water partition coefficient (Wildman–Crippen LogP) is 3.61. The highest BCUT2D eigenvalue weighted by Crippen LogP contribution is 2.48. The van der Waals surface area contributed by atoms with E-state index in [1.54, 1.807) is 0 Å². The zero-order valence-electron chi connectivity index (χ0n) is 9.40. The largest absolute Gasteiger partial charge is 0.329 e. The van der Waals surface area contributed by atoms with Gasteiger partial charge in [0.1, 0.15) is 5.50 Å². The van der Waals surface area contributed by atoms with Crippen molar-refractivity contribution in [3.63, 3.8) is 0 Å². The number of aliphatic imine (C=N–C) groups is 1. The molecule has 0 amide bonds. The molecule has 3 heteroatoms. The van der Waals surface area contributed by atoms with E-state index in [4.69, 9.17) is 11.6 Å². The number of hydrogen-bond donors (Lipinski definition) is 0. The summed E-state index contributed by atoms with van der Waals surface area (Å²) in [6.07, 6.45) is 10.4. The molecule has 0 aromatic carbocycles. The maximum atomic E-state index is 6.71. The standard InChI is InChI=1S/C13H17ClN2/c14-12-13(6-2-1-3-7-13)10-15-9-11-5-4-8-16(11)12/h4-5,8-9,12H,1-3,6-7,10H2. The van der Waals surface area contributed by atoms with E-state index in [2.05, 4.69) is 27.9 Å². The molecule has 1 unspecified atom stereocenters. The van der Waals surface area contributed by atoms with Crippen molar-refractivity contribution in [1.29, 1.82) is 0 Å². The molecule has 86 valence electrons. The maximum Gasteiger partial charge on any atom is 0.115 e. The first-order chi connectivity index (χ1) is 7.82. The van der Waals surface area contributed by atoms with E-state index < -0.39 is 0 Å². The zero-order valence-corrected chi connectivity index (χ0v) is 10.2. The number of halogens is 1. The Labute approximate surface area is 101 Å². The highest BCUT2D eigenvalue weighted by molar-refractivity contribution is 6.19. The summed E-state index contributed by atoms with van der Waals surface area (Å²) >= 11 is 6.71. The van der Waals surface area contributed by atoms with Crippen LogP contribution in [0.4, 0.5) is 0 Å². The van der Waals surface area contributed by atoms with Gasteiger partial charge in [-0.1, -0.05) is 30.9 Å².